The highest BCUT2D eigenvalue weighted by Crippen LogP contribution is 2.34. The molecule has 2 aromatic carbocycles. The van der Waals surface area contributed by atoms with Crippen molar-refractivity contribution in [1.29, 1.82) is 0 Å². The highest BCUT2D eigenvalue weighted by atomic mass is 35.5. The fraction of sp³-hybridized carbons (Fsp3) is 0.250. The molecule has 1 nitrogen and oxygen atoms in total. The van der Waals surface area contributed by atoms with Crippen LogP contribution in [0.4, 0.5) is 5.69 Å². The largest absolute Gasteiger partial charge is 0.378 e. The molecule has 2 heteroatoms. The van der Waals surface area contributed by atoms with Gasteiger partial charge in [-0.15, -0.1) is 12.4 Å². The lowest BCUT2D eigenvalue weighted by Gasteiger charge is -2.22. The molecule has 0 aromatic heterocycles. The average molecular weight is 260 g/mol. The van der Waals surface area contributed by atoms with E-state index in [4.69, 9.17) is 0 Å². The zero-order valence-electron chi connectivity index (χ0n) is 10.8. The molecular weight excluding hydrogens is 242 g/mol. The number of halogens is 1. The van der Waals surface area contributed by atoms with Crippen LogP contribution < -0.4 is 4.90 Å². The van der Waals surface area contributed by atoms with Crippen LogP contribution in [0, 0.1) is 0 Å². The minimum Gasteiger partial charge on any atom is -0.378 e. The third-order valence-corrected chi connectivity index (χ3v) is 3.58. The van der Waals surface area contributed by atoms with Gasteiger partial charge in [0.05, 0.1) is 0 Å². The van der Waals surface area contributed by atoms with Crippen molar-refractivity contribution in [3.8, 4) is 11.1 Å². The van der Waals surface area contributed by atoms with Crippen LogP contribution in [-0.4, -0.2) is 14.1 Å². The number of hydrogen-bond acceptors (Lipinski definition) is 1. The maximum Gasteiger partial charge on any atom is 0.0364 e. The Bertz CT molecular complexity index is 561. The van der Waals surface area contributed by atoms with Crippen LogP contribution in [0.15, 0.2) is 42.5 Å². The summed E-state index contributed by atoms with van der Waals surface area (Å²) < 4.78 is 0. The Morgan fingerprint density at radius 1 is 0.833 bits per heavy atom. The van der Waals surface area contributed by atoms with Crippen LogP contribution in [-0.2, 0) is 12.8 Å². The molecule has 0 saturated carbocycles. The number of anilines is 1. The Morgan fingerprint density at radius 2 is 1.50 bits per heavy atom. The summed E-state index contributed by atoms with van der Waals surface area (Å²) in [5.41, 5.74) is 7.09. The molecular formula is C16H18ClN. The molecule has 0 bridgehead atoms. The third-order valence-electron chi connectivity index (χ3n) is 3.58. The van der Waals surface area contributed by atoms with Crippen molar-refractivity contribution >= 4 is 18.1 Å². The van der Waals surface area contributed by atoms with E-state index in [1.54, 1.807) is 0 Å². The van der Waals surface area contributed by atoms with Gasteiger partial charge in [0.25, 0.3) is 0 Å². The first-order valence-electron chi connectivity index (χ1n) is 6.14. The summed E-state index contributed by atoms with van der Waals surface area (Å²) in [7, 11) is 4.19. The van der Waals surface area contributed by atoms with Crippen LogP contribution in [0.2, 0.25) is 0 Å². The second-order valence-electron chi connectivity index (χ2n) is 4.89. The number of aryl methyl sites for hydroxylation is 2. The van der Waals surface area contributed by atoms with Gasteiger partial charge in [-0.2, -0.15) is 0 Å². The molecule has 0 heterocycles. The molecule has 2 aromatic rings. The van der Waals surface area contributed by atoms with Gasteiger partial charge in [-0.1, -0.05) is 30.3 Å². The summed E-state index contributed by atoms with van der Waals surface area (Å²) in [4.78, 5) is 2.17. The van der Waals surface area contributed by atoms with E-state index >= 15 is 0 Å². The van der Waals surface area contributed by atoms with Crippen molar-refractivity contribution in [2.75, 3.05) is 19.0 Å². The number of benzene rings is 2. The topological polar surface area (TPSA) is 3.24 Å². The first kappa shape index (κ1) is 13.0. The number of hydrogen-bond donors (Lipinski definition) is 0. The molecule has 1 aliphatic rings. The fourth-order valence-corrected chi connectivity index (χ4v) is 2.60. The normalized spacial score (nSPS) is 12.1. The highest BCUT2D eigenvalue weighted by Gasteiger charge is 2.15. The lowest BCUT2D eigenvalue weighted by Crippen LogP contribution is -2.10. The van der Waals surface area contributed by atoms with Crippen molar-refractivity contribution < 1.29 is 0 Å². The van der Waals surface area contributed by atoms with Crippen LogP contribution >= 0.6 is 12.4 Å². The second kappa shape index (κ2) is 5.03. The minimum atomic E-state index is 0. The first-order chi connectivity index (χ1) is 8.25. The van der Waals surface area contributed by atoms with E-state index in [1.165, 1.54) is 34.4 Å². The van der Waals surface area contributed by atoms with Gasteiger partial charge in [0.1, 0.15) is 0 Å². The average Bonchev–Trinajstić information content (AvgIpc) is 2.38. The van der Waals surface area contributed by atoms with Crippen LogP contribution in [0.25, 0.3) is 11.1 Å². The molecule has 3 rings (SSSR count). The summed E-state index contributed by atoms with van der Waals surface area (Å²) in [6.07, 6.45) is 2.33. The van der Waals surface area contributed by atoms with Gasteiger partial charge in [-0.25, -0.2) is 0 Å². The smallest absolute Gasteiger partial charge is 0.0364 e. The molecule has 1 aliphatic carbocycles. The summed E-state index contributed by atoms with van der Waals surface area (Å²) in [5, 5.41) is 0. The zero-order chi connectivity index (χ0) is 11.8. The van der Waals surface area contributed by atoms with Gasteiger partial charge in [0.15, 0.2) is 0 Å². The lowest BCUT2D eigenvalue weighted by atomic mass is 9.85. The van der Waals surface area contributed by atoms with E-state index in [1.807, 2.05) is 0 Å². The van der Waals surface area contributed by atoms with Crippen LogP contribution in [0.1, 0.15) is 11.1 Å². The van der Waals surface area contributed by atoms with Gasteiger partial charge >= 0.3 is 0 Å². The maximum atomic E-state index is 2.32. The highest BCUT2D eigenvalue weighted by molar-refractivity contribution is 5.85. The van der Waals surface area contributed by atoms with Gasteiger partial charge in [-0.05, 0) is 47.2 Å². The quantitative estimate of drug-likeness (QED) is 0.750. The van der Waals surface area contributed by atoms with E-state index in [-0.39, 0.29) is 12.4 Å². The predicted molar refractivity (Wildman–Crippen MR) is 80.9 cm³/mol. The standard InChI is InChI=1S/C16H17N.ClH/c1-17(2)14-9-10-16-13(11-14)8-7-12-5-3-4-6-15(12)16;/h3-6,9-11H,7-8H2,1-2H3;1H. The monoisotopic (exact) mass is 259 g/mol. The van der Waals surface area contributed by atoms with Gasteiger partial charge < -0.3 is 4.90 Å². The molecule has 94 valence electrons. The Hall–Kier alpha value is -1.47. The maximum absolute atomic E-state index is 2.32. The van der Waals surface area contributed by atoms with E-state index < -0.39 is 0 Å². The Labute approximate surface area is 115 Å². The zero-order valence-corrected chi connectivity index (χ0v) is 11.6. The Morgan fingerprint density at radius 3 is 2.28 bits per heavy atom. The van der Waals surface area contributed by atoms with E-state index in [9.17, 15) is 0 Å². The van der Waals surface area contributed by atoms with Gasteiger partial charge in [0, 0.05) is 19.8 Å². The molecule has 0 amide bonds. The van der Waals surface area contributed by atoms with E-state index in [0.29, 0.717) is 0 Å². The molecule has 0 radical (unpaired) electrons. The molecule has 0 saturated heterocycles. The first-order valence-corrected chi connectivity index (χ1v) is 6.14. The van der Waals surface area contributed by atoms with Crippen LogP contribution in [0.5, 0.6) is 0 Å². The summed E-state index contributed by atoms with van der Waals surface area (Å²) >= 11 is 0. The van der Waals surface area contributed by atoms with E-state index in [0.717, 1.165) is 6.42 Å². The van der Waals surface area contributed by atoms with Crippen molar-refractivity contribution in [2.24, 2.45) is 0 Å². The number of rotatable bonds is 1. The Balaban J connectivity index is 0.00000120. The van der Waals surface area contributed by atoms with Crippen molar-refractivity contribution in [3.63, 3.8) is 0 Å². The van der Waals surface area contributed by atoms with Crippen molar-refractivity contribution in [2.45, 2.75) is 12.8 Å². The number of fused-ring (bicyclic) bond motifs is 3. The third kappa shape index (κ3) is 2.11. The molecule has 18 heavy (non-hydrogen) atoms. The fourth-order valence-electron chi connectivity index (χ4n) is 2.60. The summed E-state index contributed by atoms with van der Waals surface area (Å²) in [5.74, 6) is 0. The molecule has 0 unspecified atom stereocenters. The summed E-state index contributed by atoms with van der Waals surface area (Å²) in [6.45, 7) is 0. The second-order valence-corrected chi connectivity index (χ2v) is 4.89. The molecule has 0 N–H and O–H groups in total. The van der Waals surface area contributed by atoms with E-state index in [2.05, 4.69) is 61.5 Å². The van der Waals surface area contributed by atoms with Crippen LogP contribution in [0.3, 0.4) is 0 Å². The van der Waals surface area contributed by atoms with Crippen molar-refractivity contribution in [3.05, 3.63) is 53.6 Å². The van der Waals surface area contributed by atoms with Gasteiger partial charge in [0.2, 0.25) is 0 Å². The molecule has 0 fully saturated rings. The van der Waals surface area contributed by atoms with Gasteiger partial charge in [-0.3, -0.25) is 0 Å². The SMILES string of the molecule is CN(C)c1ccc2c(c1)CCc1ccccc1-2.Cl. The lowest BCUT2D eigenvalue weighted by molar-refractivity contribution is 0.939. The molecule has 0 aliphatic heterocycles. The molecule has 0 atom stereocenters. The number of nitrogens with zero attached hydrogens (tertiary/aromatic N) is 1. The molecule has 0 spiro atoms. The van der Waals surface area contributed by atoms with Crippen molar-refractivity contribution in [1.82, 2.24) is 0 Å². The summed E-state index contributed by atoms with van der Waals surface area (Å²) in [6, 6.07) is 15.6. The predicted octanol–water partition coefficient (Wildman–Crippen LogP) is 3.94. The Kier molecular flexibility index (Phi) is 3.63. The minimum absolute atomic E-state index is 0.